The standard InChI is InChI=1S/C17H19BrF3N3O/c18-12-4-8-15(23-9-12)16(17(19,20)21)24-14-6-2-11(3-7-14)1-5-13(22)10-25/h2-4,6-9,13,16,24-25H,1,5,10,22H2. The van der Waals surface area contributed by atoms with Crippen molar-refractivity contribution in [3.63, 3.8) is 0 Å². The smallest absolute Gasteiger partial charge is 0.395 e. The fraction of sp³-hybridized carbons (Fsp3) is 0.353. The maximum atomic E-state index is 13.4. The molecule has 4 N–H and O–H groups in total. The highest BCUT2D eigenvalue weighted by molar-refractivity contribution is 9.10. The molecule has 0 saturated carbocycles. The van der Waals surface area contributed by atoms with Crippen LogP contribution in [-0.4, -0.2) is 28.9 Å². The van der Waals surface area contributed by atoms with Gasteiger partial charge in [-0.15, -0.1) is 0 Å². The van der Waals surface area contributed by atoms with Crippen LogP contribution in [0.15, 0.2) is 47.1 Å². The quantitative estimate of drug-likeness (QED) is 0.640. The molecule has 1 heterocycles. The van der Waals surface area contributed by atoms with E-state index in [-0.39, 0.29) is 18.3 Å². The molecule has 0 amide bonds. The van der Waals surface area contributed by atoms with Crippen LogP contribution in [0.25, 0.3) is 0 Å². The van der Waals surface area contributed by atoms with Crippen molar-refractivity contribution in [1.82, 2.24) is 4.98 Å². The molecule has 4 nitrogen and oxygen atoms in total. The van der Waals surface area contributed by atoms with Crippen molar-refractivity contribution in [1.29, 1.82) is 0 Å². The number of rotatable bonds is 7. The second-order valence-electron chi connectivity index (χ2n) is 5.70. The zero-order valence-corrected chi connectivity index (χ0v) is 14.9. The van der Waals surface area contributed by atoms with Crippen LogP contribution in [0.4, 0.5) is 18.9 Å². The van der Waals surface area contributed by atoms with Crippen molar-refractivity contribution in [2.45, 2.75) is 31.1 Å². The number of aryl methyl sites for hydroxylation is 1. The third-order valence-corrected chi connectivity index (χ3v) is 4.15. The molecule has 136 valence electrons. The van der Waals surface area contributed by atoms with Gasteiger partial charge in [0.1, 0.15) is 0 Å². The summed E-state index contributed by atoms with van der Waals surface area (Å²) < 4.78 is 40.7. The van der Waals surface area contributed by atoms with Crippen molar-refractivity contribution < 1.29 is 18.3 Å². The maximum absolute atomic E-state index is 13.4. The molecule has 0 bridgehead atoms. The minimum Gasteiger partial charge on any atom is -0.395 e. The van der Waals surface area contributed by atoms with Crippen LogP contribution in [0.5, 0.6) is 0 Å². The van der Waals surface area contributed by atoms with Gasteiger partial charge in [0, 0.05) is 22.4 Å². The van der Waals surface area contributed by atoms with Gasteiger partial charge in [-0.25, -0.2) is 0 Å². The Kier molecular flexibility index (Phi) is 6.80. The van der Waals surface area contributed by atoms with Gasteiger partial charge in [-0.3, -0.25) is 4.98 Å². The van der Waals surface area contributed by atoms with E-state index in [9.17, 15) is 13.2 Å². The Morgan fingerprint density at radius 1 is 1.16 bits per heavy atom. The van der Waals surface area contributed by atoms with Crippen LogP contribution in [0, 0.1) is 0 Å². The van der Waals surface area contributed by atoms with Crippen LogP contribution in [0.3, 0.4) is 0 Å². The van der Waals surface area contributed by atoms with E-state index in [1.54, 1.807) is 24.3 Å². The number of halogens is 4. The minimum atomic E-state index is -4.48. The Labute approximate surface area is 152 Å². The van der Waals surface area contributed by atoms with Crippen molar-refractivity contribution in [2.75, 3.05) is 11.9 Å². The van der Waals surface area contributed by atoms with Crippen LogP contribution in [-0.2, 0) is 6.42 Å². The van der Waals surface area contributed by atoms with Crippen molar-refractivity contribution in [3.8, 4) is 0 Å². The third kappa shape index (κ3) is 5.98. The molecule has 2 rings (SSSR count). The number of aromatic nitrogens is 1. The Morgan fingerprint density at radius 3 is 2.36 bits per heavy atom. The highest BCUT2D eigenvalue weighted by Crippen LogP contribution is 2.35. The molecule has 2 atom stereocenters. The summed E-state index contributed by atoms with van der Waals surface area (Å²) in [7, 11) is 0. The van der Waals surface area contributed by atoms with E-state index in [1.165, 1.54) is 18.3 Å². The van der Waals surface area contributed by atoms with Gasteiger partial charge in [0.05, 0.1) is 12.3 Å². The summed E-state index contributed by atoms with van der Waals surface area (Å²) in [5.74, 6) is 0. The molecule has 0 aliphatic rings. The van der Waals surface area contributed by atoms with Crippen LogP contribution >= 0.6 is 15.9 Å². The molecule has 2 unspecified atom stereocenters. The predicted octanol–water partition coefficient (Wildman–Crippen LogP) is 3.81. The average molecular weight is 418 g/mol. The highest BCUT2D eigenvalue weighted by atomic mass is 79.9. The average Bonchev–Trinajstić information content (AvgIpc) is 2.58. The fourth-order valence-corrected chi connectivity index (χ4v) is 2.49. The van der Waals surface area contributed by atoms with Gasteiger partial charge in [-0.2, -0.15) is 13.2 Å². The summed E-state index contributed by atoms with van der Waals surface area (Å²) >= 11 is 3.16. The lowest BCUT2D eigenvalue weighted by atomic mass is 10.1. The largest absolute Gasteiger partial charge is 0.414 e. The summed E-state index contributed by atoms with van der Waals surface area (Å²) in [4.78, 5) is 3.85. The van der Waals surface area contributed by atoms with E-state index < -0.39 is 12.2 Å². The monoisotopic (exact) mass is 417 g/mol. The number of nitrogens with one attached hydrogen (secondary N) is 1. The predicted molar refractivity (Wildman–Crippen MR) is 94.2 cm³/mol. The van der Waals surface area contributed by atoms with Gasteiger partial charge >= 0.3 is 6.18 Å². The number of nitrogens with zero attached hydrogens (tertiary/aromatic N) is 1. The minimum absolute atomic E-state index is 0.0902. The Balaban J connectivity index is 2.10. The molecule has 1 aromatic carbocycles. The normalized spacial score (nSPS) is 14.2. The van der Waals surface area contributed by atoms with Crippen molar-refractivity contribution >= 4 is 21.6 Å². The second kappa shape index (κ2) is 8.64. The second-order valence-corrected chi connectivity index (χ2v) is 6.61. The molecule has 1 aromatic heterocycles. The van der Waals surface area contributed by atoms with Crippen LogP contribution in [0.2, 0.25) is 0 Å². The number of alkyl halides is 3. The molecule has 0 radical (unpaired) electrons. The van der Waals surface area contributed by atoms with Gasteiger partial charge < -0.3 is 16.2 Å². The summed E-state index contributed by atoms with van der Waals surface area (Å²) in [6.07, 6.45) is -1.88. The van der Waals surface area contributed by atoms with Gasteiger partial charge in [-0.05, 0) is 58.6 Å². The molecular weight excluding hydrogens is 399 g/mol. The number of aliphatic hydroxyl groups is 1. The van der Waals surface area contributed by atoms with Crippen LogP contribution in [0.1, 0.15) is 23.7 Å². The van der Waals surface area contributed by atoms with E-state index in [1.807, 2.05) is 0 Å². The Hall–Kier alpha value is -1.64. The third-order valence-electron chi connectivity index (χ3n) is 3.68. The molecule has 8 heteroatoms. The lowest BCUT2D eigenvalue weighted by Gasteiger charge is -2.22. The number of pyridine rings is 1. The number of anilines is 1. The first-order chi connectivity index (χ1) is 11.8. The molecule has 0 fully saturated rings. The van der Waals surface area contributed by atoms with E-state index >= 15 is 0 Å². The lowest BCUT2D eigenvalue weighted by molar-refractivity contribution is -0.144. The first kappa shape index (κ1) is 19.7. The van der Waals surface area contributed by atoms with Gasteiger partial charge in [0.15, 0.2) is 6.04 Å². The first-order valence-corrected chi connectivity index (χ1v) is 8.49. The van der Waals surface area contributed by atoms with Crippen molar-refractivity contribution in [2.24, 2.45) is 5.73 Å². The van der Waals surface area contributed by atoms with Crippen LogP contribution < -0.4 is 11.1 Å². The summed E-state index contributed by atoms with van der Waals surface area (Å²) in [5, 5.41) is 11.4. The lowest BCUT2D eigenvalue weighted by Crippen LogP contribution is -2.28. The first-order valence-electron chi connectivity index (χ1n) is 7.69. The molecule has 0 spiro atoms. The molecular formula is C17H19BrF3N3O. The van der Waals surface area contributed by atoms with E-state index in [2.05, 4.69) is 26.2 Å². The molecule has 0 aliphatic heterocycles. The topological polar surface area (TPSA) is 71.2 Å². The highest BCUT2D eigenvalue weighted by Gasteiger charge is 2.41. The van der Waals surface area contributed by atoms with E-state index in [0.717, 1.165) is 5.56 Å². The summed E-state index contributed by atoms with van der Waals surface area (Å²) in [6, 6.07) is 7.35. The summed E-state index contributed by atoms with van der Waals surface area (Å²) in [5.41, 5.74) is 6.83. The molecule has 0 saturated heterocycles. The van der Waals surface area contributed by atoms with Gasteiger partial charge in [0.2, 0.25) is 0 Å². The zero-order chi connectivity index (χ0) is 18.4. The van der Waals surface area contributed by atoms with E-state index in [4.69, 9.17) is 10.8 Å². The zero-order valence-electron chi connectivity index (χ0n) is 13.3. The van der Waals surface area contributed by atoms with E-state index in [0.29, 0.717) is 23.0 Å². The molecule has 2 aromatic rings. The summed E-state index contributed by atoms with van der Waals surface area (Å²) in [6.45, 7) is -0.0902. The molecule has 0 aliphatic carbocycles. The molecule has 25 heavy (non-hydrogen) atoms. The number of nitrogens with two attached hydrogens (primary N) is 1. The van der Waals surface area contributed by atoms with Gasteiger partial charge in [-0.1, -0.05) is 12.1 Å². The number of benzene rings is 1. The maximum Gasteiger partial charge on any atom is 0.414 e. The van der Waals surface area contributed by atoms with Crippen molar-refractivity contribution in [3.05, 3.63) is 58.3 Å². The Morgan fingerprint density at radius 2 is 1.84 bits per heavy atom. The number of hydrogen-bond donors (Lipinski definition) is 3. The Bertz CT molecular complexity index is 662. The SMILES string of the molecule is NC(CO)CCc1ccc(NC(c2ccc(Br)cn2)C(F)(F)F)cc1. The number of aliphatic hydroxyl groups excluding tert-OH is 1. The fourth-order valence-electron chi connectivity index (χ4n) is 2.26. The van der Waals surface area contributed by atoms with Gasteiger partial charge in [0.25, 0.3) is 0 Å². The number of hydrogen-bond acceptors (Lipinski definition) is 4.